The smallest absolute Gasteiger partial charge is 0.256 e. The molecule has 0 atom stereocenters. The molecule has 0 aliphatic heterocycles. The zero-order valence-electron chi connectivity index (χ0n) is 8.08. The fourth-order valence-electron chi connectivity index (χ4n) is 1.03. The Labute approximate surface area is 88.1 Å². The Balaban J connectivity index is 3.09. The van der Waals surface area contributed by atoms with Gasteiger partial charge in [0.05, 0.1) is 11.8 Å². The van der Waals surface area contributed by atoms with Gasteiger partial charge >= 0.3 is 0 Å². The molecule has 0 radical (unpaired) electrons. The molecular weight excluding hydrogens is 200 g/mol. The number of halogens is 1. The molecule has 0 fully saturated rings. The first-order valence-electron chi connectivity index (χ1n) is 4.23. The molecule has 0 unspecified atom stereocenters. The molecule has 0 bridgehead atoms. The number of benzene rings is 1. The summed E-state index contributed by atoms with van der Waals surface area (Å²) in [4.78, 5) is 11.0. The van der Waals surface area contributed by atoms with Crippen LogP contribution in [-0.4, -0.2) is 5.24 Å². The van der Waals surface area contributed by atoms with Crippen LogP contribution in [0.15, 0.2) is 30.5 Å². The van der Waals surface area contributed by atoms with E-state index in [1.54, 1.807) is 18.2 Å². The summed E-state index contributed by atoms with van der Waals surface area (Å²) in [7, 11) is 0. The van der Waals surface area contributed by atoms with Gasteiger partial charge in [0, 0.05) is 0 Å². The lowest BCUT2D eigenvalue weighted by atomic mass is 10.1. The third-order valence-electron chi connectivity index (χ3n) is 1.68. The topological polar surface area (TPSA) is 26.3 Å². The Bertz CT molecular complexity index is 370. The summed E-state index contributed by atoms with van der Waals surface area (Å²) in [5, 5.41) is -0.510. The van der Waals surface area contributed by atoms with Crippen molar-refractivity contribution in [1.82, 2.24) is 0 Å². The maximum absolute atomic E-state index is 11.0. The molecule has 1 aromatic carbocycles. The summed E-state index contributed by atoms with van der Waals surface area (Å²) >= 11 is 5.40. The lowest BCUT2D eigenvalue weighted by Gasteiger charge is -2.05. The number of hydrogen-bond acceptors (Lipinski definition) is 2. The highest BCUT2D eigenvalue weighted by atomic mass is 35.5. The number of allylic oxidation sites excluding steroid dienone is 1. The van der Waals surface area contributed by atoms with Gasteiger partial charge in [-0.25, -0.2) is 0 Å². The van der Waals surface area contributed by atoms with Gasteiger partial charge in [-0.3, -0.25) is 4.79 Å². The van der Waals surface area contributed by atoms with Crippen LogP contribution >= 0.6 is 11.6 Å². The minimum absolute atomic E-state index is 0.385. The van der Waals surface area contributed by atoms with Crippen LogP contribution in [0.5, 0.6) is 5.75 Å². The van der Waals surface area contributed by atoms with Crippen molar-refractivity contribution >= 4 is 16.8 Å². The van der Waals surface area contributed by atoms with Crippen molar-refractivity contribution in [2.24, 2.45) is 0 Å². The van der Waals surface area contributed by atoms with Crippen molar-refractivity contribution in [3.05, 3.63) is 41.7 Å². The van der Waals surface area contributed by atoms with E-state index < -0.39 is 5.24 Å². The fraction of sp³-hybridized carbons (Fsp3) is 0.182. The van der Waals surface area contributed by atoms with Gasteiger partial charge in [-0.05, 0) is 43.1 Å². The van der Waals surface area contributed by atoms with Gasteiger partial charge in [-0.1, -0.05) is 12.1 Å². The first-order chi connectivity index (χ1) is 6.65. The van der Waals surface area contributed by atoms with Crippen molar-refractivity contribution in [3.63, 3.8) is 0 Å². The van der Waals surface area contributed by atoms with Gasteiger partial charge in [0.25, 0.3) is 5.24 Å². The summed E-state index contributed by atoms with van der Waals surface area (Å²) in [6.45, 7) is 3.75. The molecular formula is C11H11ClO2. The lowest BCUT2D eigenvalue weighted by molar-refractivity contribution is 0.107. The Morgan fingerprint density at radius 1 is 1.50 bits per heavy atom. The first-order valence-corrected chi connectivity index (χ1v) is 4.61. The zero-order valence-corrected chi connectivity index (χ0v) is 8.84. The molecule has 3 heteroatoms. The molecule has 14 heavy (non-hydrogen) atoms. The fourth-order valence-corrected chi connectivity index (χ4v) is 1.19. The summed E-state index contributed by atoms with van der Waals surface area (Å²) in [6.07, 6.45) is 3.25. The molecule has 0 saturated heterocycles. The largest absolute Gasteiger partial charge is 0.465 e. The molecule has 1 aromatic rings. The van der Waals surface area contributed by atoms with Crippen LogP contribution in [0.4, 0.5) is 0 Å². The molecule has 1 rings (SSSR count). The van der Waals surface area contributed by atoms with Crippen LogP contribution in [0.3, 0.4) is 0 Å². The van der Waals surface area contributed by atoms with Gasteiger partial charge in [-0.2, -0.15) is 0 Å². The number of rotatable bonds is 3. The molecule has 0 spiro atoms. The Morgan fingerprint density at radius 2 is 2.21 bits per heavy atom. The highest BCUT2D eigenvalue weighted by Gasteiger charge is 2.09. The normalized spacial score (nSPS) is 10.5. The van der Waals surface area contributed by atoms with E-state index in [9.17, 15) is 4.79 Å². The average molecular weight is 211 g/mol. The zero-order chi connectivity index (χ0) is 10.6. The summed E-state index contributed by atoms with van der Waals surface area (Å²) in [5.74, 6) is 0.489. The van der Waals surface area contributed by atoms with Crippen LogP contribution in [0.1, 0.15) is 22.8 Å². The van der Waals surface area contributed by atoms with E-state index in [1.807, 2.05) is 19.9 Å². The molecule has 0 aliphatic rings. The third-order valence-corrected chi connectivity index (χ3v) is 1.88. The average Bonchev–Trinajstić information content (AvgIpc) is 2.14. The van der Waals surface area contributed by atoms with Crippen molar-refractivity contribution in [3.8, 4) is 5.75 Å². The first kappa shape index (κ1) is 10.8. The van der Waals surface area contributed by atoms with Crippen LogP contribution in [0.2, 0.25) is 0 Å². The minimum atomic E-state index is -0.510. The molecule has 0 heterocycles. The van der Waals surface area contributed by atoms with Gasteiger partial charge in [0.2, 0.25) is 0 Å². The van der Waals surface area contributed by atoms with E-state index in [2.05, 4.69) is 0 Å². The summed E-state index contributed by atoms with van der Waals surface area (Å²) in [5.41, 5.74) is 1.40. The van der Waals surface area contributed by atoms with E-state index in [1.165, 1.54) is 6.26 Å². The monoisotopic (exact) mass is 210 g/mol. The number of carbonyl (C=O) groups excluding carboxylic acids is 1. The van der Waals surface area contributed by atoms with Crippen LogP contribution in [0, 0.1) is 6.92 Å². The standard InChI is InChI=1S/C11H11ClO2/c1-3-6-14-10-7-8(2)4-5-9(10)11(12)13/h3-7H,1-2H3. The second kappa shape index (κ2) is 4.82. The lowest BCUT2D eigenvalue weighted by Crippen LogP contribution is -1.95. The maximum atomic E-state index is 11.0. The van der Waals surface area contributed by atoms with Crippen molar-refractivity contribution in [2.75, 3.05) is 0 Å². The van der Waals surface area contributed by atoms with Crippen LogP contribution in [0.25, 0.3) is 0 Å². The van der Waals surface area contributed by atoms with Crippen molar-refractivity contribution in [2.45, 2.75) is 13.8 Å². The van der Waals surface area contributed by atoms with E-state index in [0.717, 1.165) is 5.56 Å². The Morgan fingerprint density at radius 3 is 2.79 bits per heavy atom. The molecule has 0 saturated carbocycles. The number of aryl methyl sites for hydroxylation is 1. The van der Waals surface area contributed by atoms with E-state index >= 15 is 0 Å². The second-order valence-electron chi connectivity index (χ2n) is 2.86. The predicted octanol–water partition coefficient (Wildman–Crippen LogP) is 3.29. The molecule has 0 aliphatic carbocycles. The van der Waals surface area contributed by atoms with Gasteiger partial charge in [0.15, 0.2) is 0 Å². The second-order valence-corrected chi connectivity index (χ2v) is 3.20. The minimum Gasteiger partial charge on any atom is -0.465 e. The van der Waals surface area contributed by atoms with Gasteiger partial charge < -0.3 is 4.74 Å². The summed E-state index contributed by atoms with van der Waals surface area (Å²) in [6, 6.07) is 5.25. The Hall–Kier alpha value is -1.28. The van der Waals surface area contributed by atoms with E-state index in [4.69, 9.17) is 16.3 Å². The van der Waals surface area contributed by atoms with Crippen LogP contribution < -0.4 is 4.74 Å². The SMILES string of the molecule is CC=COc1cc(C)ccc1C(=O)Cl. The van der Waals surface area contributed by atoms with E-state index in [-0.39, 0.29) is 0 Å². The molecule has 0 aromatic heterocycles. The van der Waals surface area contributed by atoms with Crippen LogP contribution in [-0.2, 0) is 0 Å². The molecule has 0 N–H and O–H groups in total. The highest BCUT2D eigenvalue weighted by Crippen LogP contribution is 2.22. The third kappa shape index (κ3) is 2.60. The Kier molecular flexibility index (Phi) is 3.72. The number of carbonyl (C=O) groups is 1. The highest BCUT2D eigenvalue weighted by molar-refractivity contribution is 6.68. The van der Waals surface area contributed by atoms with Gasteiger partial charge in [-0.15, -0.1) is 0 Å². The molecule has 74 valence electrons. The van der Waals surface area contributed by atoms with E-state index in [0.29, 0.717) is 11.3 Å². The van der Waals surface area contributed by atoms with Gasteiger partial charge in [0.1, 0.15) is 5.75 Å². The predicted molar refractivity (Wildman–Crippen MR) is 56.8 cm³/mol. The maximum Gasteiger partial charge on any atom is 0.256 e. The summed E-state index contributed by atoms with van der Waals surface area (Å²) < 4.78 is 5.24. The quantitative estimate of drug-likeness (QED) is 0.565. The van der Waals surface area contributed by atoms with Crippen molar-refractivity contribution < 1.29 is 9.53 Å². The van der Waals surface area contributed by atoms with Crippen molar-refractivity contribution in [1.29, 1.82) is 0 Å². The molecule has 2 nitrogen and oxygen atoms in total. The number of ether oxygens (including phenoxy) is 1. The molecule has 0 amide bonds. The number of hydrogen-bond donors (Lipinski definition) is 0.